The molecular weight excluding hydrogens is 568 g/mol. The molecule has 8 nitrogen and oxygen atoms in total. The summed E-state index contributed by atoms with van der Waals surface area (Å²) >= 11 is 0. The van der Waals surface area contributed by atoms with E-state index in [0.29, 0.717) is 22.3 Å². The number of aromatic hydroxyl groups is 2. The number of phenolic OH excluding ortho intramolecular Hbond substituents is 2. The van der Waals surface area contributed by atoms with Crippen LogP contribution in [-0.2, 0) is 52.9 Å². The van der Waals surface area contributed by atoms with Crippen LogP contribution in [0.25, 0.3) is 0 Å². The van der Waals surface area contributed by atoms with E-state index in [1.807, 2.05) is 67.5 Å². The number of sulfone groups is 1. The minimum Gasteiger partial charge on any atom is -0.507 e. The summed E-state index contributed by atoms with van der Waals surface area (Å²) < 4.78 is 36.7. The van der Waals surface area contributed by atoms with Crippen LogP contribution in [0.3, 0.4) is 0 Å². The quantitative estimate of drug-likeness (QED) is 0.293. The third-order valence-corrected chi connectivity index (χ3v) is 9.96. The van der Waals surface area contributed by atoms with Gasteiger partial charge in [-0.3, -0.25) is 9.59 Å². The average Bonchev–Trinajstić information content (AvgIpc) is 2.85. The second-order valence-electron chi connectivity index (χ2n) is 14.0. The summed E-state index contributed by atoms with van der Waals surface area (Å²) in [5.41, 5.74) is 5.40. The third kappa shape index (κ3) is 8.97. The smallest absolute Gasteiger partial charge is 0.310 e. The standard InChI is InChI=1S/C34H50O8S/c1-19-13-27(33(7,8)9)29(35)23(5)25(19)15-41-31(37)21(3)17-43(39,40)18-22(4)32(38)42-16-26-20(2)14-28(34(10,11)12)30(36)24(26)6/h13-14,21-22,35-36H,15-18H2,1-12H3. The monoisotopic (exact) mass is 618 g/mol. The molecule has 2 unspecified atom stereocenters. The van der Waals surface area contributed by atoms with Crippen LogP contribution in [0.15, 0.2) is 12.1 Å². The summed E-state index contributed by atoms with van der Waals surface area (Å²) in [6.45, 7) is 22.1. The van der Waals surface area contributed by atoms with E-state index < -0.39 is 45.1 Å². The summed E-state index contributed by atoms with van der Waals surface area (Å²) in [5.74, 6) is -3.90. The van der Waals surface area contributed by atoms with Gasteiger partial charge in [0.25, 0.3) is 0 Å². The Labute approximate surface area is 257 Å². The van der Waals surface area contributed by atoms with E-state index in [9.17, 15) is 28.2 Å². The van der Waals surface area contributed by atoms with E-state index in [1.54, 1.807) is 13.8 Å². The van der Waals surface area contributed by atoms with Gasteiger partial charge in [-0.2, -0.15) is 0 Å². The molecule has 0 spiro atoms. The van der Waals surface area contributed by atoms with Gasteiger partial charge in [-0.1, -0.05) is 67.5 Å². The molecule has 0 heterocycles. The van der Waals surface area contributed by atoms with Crippen molar-refractivity contribution in [1.82, 2.24) is 0 Å². The second kappa shape index (κ2) is 13.3. The zero-order chi connectivity index (χ0) is 33.2. The number of hydrogen-bond donors (Lipinski definition) is 2. The first kappa shape index (κ1) is 36.1. The predicted octanol–water partition coefficient (Wildman–Crippen LogP) is 6.40. The Kier molecular flexibility index (Phi) is 11.2. The van der Waals surface area contributed by atoms with Gasteiger partial charge in [0.15, 0.2) is 9.84 Å². The van der Waals surface area contributed by atoms with Gasteiger partial charge in [-0.05, 0) is 83.0 Å². The lowest BCUT2D eigenvalue weighted by molar-refractivity contribution is -0.149. The van der Waals surface area contributed by atoms with Crippen LogP contribution in [0, 0.1) is 39.5 Å². The maximum Gasteiger partial charge on any atom is 0.310 e. The van der Waals surface area contributed by atoms with Crippen LogP contribution in [0.1, 0.15) is 99.9 Å². The molecule has 0 aliphatic rings. The van der Waals surface area contributed by atoms with Crippen LogP contribution >= 0.6 is 0 Å². The van der Waals surface area contributed by atoms with Crippen molar-refractivity contribution in [1.29, 1.82) is 0 Å². The van der Waals surface area contributed by atoms with Crippen LogP contribution in [0.2, 0.25) is 0 Å². The molecule has 2 rings (SSSR count). The summed E-state index contributed by atoms with van der Waals surface area (Å²) in [4.78, 5) is 25.4. The number of benzene rings is 2. The van der Waals surface area contributed by atoms with Crippen molar-refractivity contribution in [2.45, 2.75) is 107 Å². The van der Waals surface area contributed by atoms with Gasteiger partial charge in [-0.15, -0.1) is 0 Å². The van der Waals surface area contributed by atoms with Crippen molar-refractivity contribution in [2.75, 3.05) is 11.5 Å². The van der Waals surface area contributed by atoms with Crippen molar-refractivity contribution < 1.29 is 37.7 Å². The fraction of sp³-hybridized carbons (Fsp3) is 0.588. The van der Waals surface area contributed by atoms with Gasteiger partial charge in [0.1, 0.15) is 24.7 Å². The van der Waals surface area contributed by atoms with Crippen molar-refractivity contribution in [3.63, 3.8) is 0 Å². The van der Waals surface area contributed by atoms with Crippen molar-refractivity contribution >= 4 is 21.8 Å². The largest absolute Gasteiger partial charge is 0.507 e. The highest BCUT2D eigenvalue weighted by Gasteiger charge is 2.29. The summed E-state index contributed by atoms with van der Waals surface area (Å²) in [5, 5.41) is 21.4. The van der Waals surface area contributed by atoms with Gasteiger partial charge in [-0.25, -0.2) is 8.42 Å². The molecule has 0 saturated carbocycles. The highest BCUT2D eigenvalue weighted by molar-refractivity contribution is 7.91. The lowest BCUT2D eigenvalue weighted by atomic mass is 9.83. The first-order chi connectivity index (χ1) is 19.5. The van der Waals surface area contributed by atoms with Crippen LogP contribution < -0.4 is 0 Å². The number of phenols is 2. The minimum atomic E-state index is -3.81. The average molecular weight is 619 g/mol. The Bertz CT molecular complexity index is 1370. The fourth-order valence-electron chi connectivity index (χ4n) is 5.15. The first-order valence-corrected chi connectivity index (χ1v) is 16.5. The van der Waals surface area contributed by atoms with Gasteiger partial charge >= 0.3 is 11.9 Å². The Morgan fingerprint density at radius 2 is 1.00 bits per heavy atom. The number of aryl methyl sites for hydroxylation is 2. The SMILES string of the molecule is Cc1cc(C(C)(C)C)c(O)c(C)c1COC(=O)C(C)CS(=O)(=O)CC(C)C(=O)OCc1c(C)cc(C(C)(C)C)c(O)c1C. The minimum absolute atomic E-state index is 0.0906. The topological polar surface area (TPSA) is 127 Å². The molecule has 2 N–H and O–H groups in total. The lowest BCUT2D eigenvalue weighted by Crippen LogP contribution is -2.30. The lowest BCUT2D eigenvalue weighted by Gasteiger charge is -2.24. The molecule has 0 amide bonds. The third-order valence-electron chi connectivity index (χ3n) is 7.95. The molecule has 2 aromatic carbocycles. The van der Waals surface area contributed by atoms with Gasteiger partial charge in [0, 0.05) is 0 Å². The summed E-state index contributed by atoms with van der Waals surface area (Å²) in [6.07, 6.45) is 0. The normalized spacial score (nSPS) is 13.9. The Morgan fingerprint density at radius 3 is 1.28 bits per heavy atom. The Hall–Kier alpha value is -3.07. The molecule has 2 aromatic rings. The van der Waals surface area contributed by atoms with Crippen LogP contribution in [-0.4, -0.2) is 42.1 Å². The van der Waals surface area contributed by atoms with Crippen LogP contribution in [0.5, 0.6) is 11.5 Å². The van der Waals surface area contributed by atoms with E-state index in [-0.39, 0.29) is 35.5 Å². The molecule has 9 heteroatoms. The molecule has 0 bridgehead atoms. The second-order valence-corrected chi connectivity index (χ2v) is 16.1. The van der Waals surface area contributed by atoms with Crippen molar-refractivity contribution in [2.24, 2.45) is 11.8 Å². The maximum absolute atomic E-state index is 12.9. The Morgan fingerprint density at radius 1 is 0.698 bits per heavy atom. The van der Waals surface area contributed by atoms with Gasteiger partial charge in [0.2, 0.25) is 0 Å². The highest BCUT2D eigenvalue weighted by Crippen LogP contribution is 2.38. The summed E-state index contributed by atoms with van der Waals surface area (Å²) in [7, 11) is -3.81. The molecular formula is C34H50O8S. The van der Waals surface area contributed by atoms with Crippen molar-refractivity contribution in [3.8, 4) is 11.5 Å². The first-order valence-electron chi connectivity index (χ1n) is 14.7. The van der Waals surface area contributed by atoms with Gasteiger partial charge < -0.3 is 19.7 Å². The molecule has 0 saturated heterocycles. The molecule has 2 atom stereocenters. The number of carbonyl (C=O) groups excluding carboxylic acids is 2. The van der Waals surface area contributed by atoms with Gasteiger partial charge in [0.05, 0.1) is 23.3 Å². The molecule has 0 aromatic heterocycles. The zero-order valence-electron chi connectivity index (χ0n) is 27.9. The fourth-order valence-corrected chi connectivity index (χ4v) is 7.08. The molecule has 0 aliphatic carbocycles. The van der Waals surface area contributed by atoms with E-state index in [4.69, 9.17) is 9.47 Å². The predicted molar refractivity (Wildman–Crippen MR) is 169 cm³/mol. The van der Waals surface area contributed by atoms with Crippen molar-refractivity contribution in [3.05, 3.63) is 56.6 Å². The van der Waals surface area contributed by atoms with E-state index in [1.165, 1.54) is 13.8 Å². The molecule has 0 radical (unpaired) electrons. The maximum atomic E-state index is 12.9. The van der Waals surface area contributed by atoms with E-state index >= 15 is 0 Å². The number of hydrogen-bond acceptors (Lipinski definition) is 8. The molecule has 43 heavy (non-hydrogen) atoms. The highest BCUT2D eigenvalue weighted by atomic mass is 32.2. The summed E-state index contributed by atoms with van der Waals surface area (Å²) in [6, 6.07) is 3.76. The molecule has 240 valence electrons. The Balaban J connectivity index is 2.01. The van der Waals surface area contributed by atoms with E-state index in [0.717, 1.165) is 22.3 Å². The number of rotatable bonds is 10. The number of ether oxygens (including phenoxy) is 2. The number of carbonyl (C=O) groups is 2. The van der Waals surface area contributed by atoms with Crippen LogP contribution in [0.4, 0.5) is 0 Å². The molecule has 0 aliphatic heterocycles. The molecule has 0 fully saturated rings. The zero-order valence-corrected chi connectivity index (χ0v) is 28.7. The van der Waals surface area contributed by atoms with E-state index in [2.05, 4.69) is 0 Å². The number of esters is 2.